The van der Waals surface area contributed by atoms with Crippen molar-refractivity contribution in [1.29, 1.82) is 0 Å². The number of halogens is 3. The lowest BCUT2D eigenvalue weighted by molar-refractivity contribution is 0.0928. The largest absolute Gasteiger partial charge is 0.274 e. The Balaban J connectivity index is 1.99. The predicted molar refractivity (Wildman–Crippen MR) is 106 cm³/mol. The molecule has 0 bridgehead atoms. The van der Waals surface area contributed by atoms with Crippen LogP contribution in [0.4, 0.5) is 19.0 Å². The van der Waals surface area contributed by atoms with Gasteiger partial charge in [-0.1, -0.05) is 6.07 Å². The number of anilines is 1. The number of para-hydroxylation sites is 1. The van der Waals surface area contributed by atoms with Crippen LogP contribution in [0.1, 0.15) is 10.4 Å². The monoisotopic (exact) mass is 411 g/mol. The van der Waals surface area contributed by atoms with E-state index in [4.69, 9.17) is 0 Å². The zero-order valence-corrected chi connectivity index (χ0v) is 16.1. The summed E-state index contributed by atoms with van der Waals surface area (Å²) >= 11 is 0. The highest BCUT2D eigenvalue weighted by molar-refractivity contribution is 6.06. The van der Waals surface area contributed by atoms with E-state index in [1.807, 2.05) is 0 Å². The minimum atomic E-state index is -0.819. The van der Waals surface area contributed by atoms with Gasteiger partial charge >= 0.3 is 0 Å². The molecule has 2 heterocycles. The predicted octanol–water partition coefficient (Wildman–Crippen LogP) is 3.96. The summed E-state index contributed by atoms with van der Waals surface area (Å²) in [6.45, 7) is 0. The Morgan fingerprint density at radius 3 is 2.30 bits per heavy atom. The smallest absolute Gasteiger partial charge is 0.273 e. The lowest BCUT2D eigenvalue weighted by Crippen LogP contribution is -2.43. The Hall–Kier alpha value is -3.72. The van der Waals surface area contributed by atoms with E-state index in [0.29, 0.717) is 5.39 Å². The van der Waals surface area contributed by atoms with Gasteiger partial charge in [-0.05, 0) is 42.5 Å². The quantitative estimate of drug-likeness (QED) is 0.477. The Morgan fingerprint density at radius 2 is 1.67 bits per heavy atom. The van der Waals surface area contributed by atoms with Crippen LogP contribution in [0.2, 0.25) is 0 Å². The Bertz CT molecular complexity index is 1220. The molecule has 0 aliphatic heterocycles. The summed E-state index contributed by atoms with van der Waals surface area (Å²) in [6, 6.07) is 10.1. The van der Waals surface area contributed by atoms with Crippen molar-refractivity contribution in [2.45, 2.75) is 0 Å². The van der Waals surface area contributed by atoms with Gasteiger partial charge in [0.15, 0.2) is 0 Å². The van der Waals surface area contributed by atoms with Gasteiger partial charge in [0.2, 0.25) is 0 Å². The van der Waals surface area contributed by atoms with Crippen molar-refractivity contribution in [2.24, 2.45) is 0 Å². The van der Waals surface area contributed by atoms with Gasteiger partial charge < -0.3 is 0 Å². The fourth-order valence-corrected chi connectivity index (χ4v) is 3.22. The molecule has 0 saturated heterocycles. The van der Waals surface area contributed by atoms with Crippen LogP contribution in [-0.4, -0.2) is 39.5 Å². The molecule has 0 N–H and O–H groups in total. The van der Waals surface area contributed by atoms with Crippen LogP contribution in [0.5, 0.6) is 0 Å². The van der Waals surface area contributed by atoms with Crippen LogP contribution in [-0.2, 0) is 0 Å². The van der Waals surface area contributed by atoms with Crippen molar-refractivity contribution in [3.63, 3.8) is 0 Å². The standard InChI is InChI=1S/C21H16F3N5O/c1-27(2)29(21(30)13-6-8-15(22)9-7-13)18-10-14-11-25-12-26-20(14)28(18)19-16(23)4-3-5-17(19)24/h3-12H,1-2H3. The van der Waals surface area contributed by atoms with E-state index < -0.39 is 23.4 Å². The number of hydrazine groups is 1. The van der Waals surface area contributed by atoms with Crippen LogP contribution in [0.3, 0.4) is 0 Å². The topological polar surface area (TPSA) is 54.3 Å². The van der Waals surface area contributed by atoms with E-state index in [2.05, 4.69) is 9.97 Å². The molecule has 2 aromatic carbocycles. The first-order valence-electron chi connectivity index (χ1n) is 8.91. The molecule has 0 radical (unpaired) electrons. The van der Waals surface area contributed by atoms with Crippen LogP contribution >= 0.6 is 0 Å². The molecule has 0 aliphatic rings. The highest BCUT2D eigenvalue weighted by Gasteiger charge is 2.28. The van der Waals surface area contributed by atoms with Gasteiger partial charge in [-0.15, -0.1) is 0 Å². The van der Waals surface area contributed by atoms with E-state index in [1.165, 1.54) is 57.4 Å². The van der Waals surface area contributed by atoms with E-state index >= 15 is 0 Å². The highest BCUT2D eigenvalue weighted by atomic mass is 19.1. The first-order valence-corrected chi connectivity index (χ1v) is 8.91. The number of hydrogen-bond acceptors (Lipinski definition) is 4. The fourth-order valence-electron chi connectivity index (χ4n) is 3.22. The van der Waals surface area contributed by atoms with Gasteiger partial charge in [0.1, 0.15) is 40.9 Å². The van der Waals surface area contributed by atoms with Gasteiger partial charge in [-0.3, -0.25) is 9.36 Å². The SMILES string of the molecule is CN(C)N(C(=O)c1ccc(F)cc1)c1cc2cncnc2n1-c1c(F)cccc1F. The zero-order valence-electron chi connectivity index (χ0n) is 16.1. The van der Waals surface area contributed by atoms with Crippen LogP contribution in [0.15, 0.2) is 61.1 Å². The maximum Gasteiger partial charge on any atom is 0.274 e. The summed E-state index contributed by atoms with van der Waals surface area (Å²) in [4.78, 5) is 21.4. The number of aromatic nitrogens is 3. The number of amides is 1. The molecule has 0 fully saturated rings. The van der Waals surface area contributed by atoms with Gasteiger partial charge in [0.25, 0.3) is 5.91 Å². The molecule has 4 aromatic rings. The first-order chi connectivity index (χ1) is 14.4. The molecule has 152 valence electrons. The fraction of sp³-hybridized carbons (Fsp3) is 0.0952. The van der Waals surface area contributed by atoms with Crippen molar-refractivity contribution in [2.75, 3.05) is 19.1 Å². The molecule has 0 saturated carbocycles. The molecule has 0 aliphatic carbocycles. The van der Waals surface area contributed by atoms with Gasteiger partial charge in [-0.25, -0.2) is 33.2 Å². The first kappa shape index (κ1) is 19.6. The second-order valence-corrected chi connectivity index (χ2v) is 6.68. The number of nitrogens with zero attached hydrogens (tertiary/aromatic N) is 5. The maximum atomic E-state index is 14.7. The molecule has 4 rings (SSSR count). The minimum Gasteiger partial charge on any atom is -0.273 e. The molecular formula is C21H16F3N5O. The molecule has 0 atom stereocenters. The lowest BCUT2D eigenvalue weighted by atomic mass is 10.2. The third-order valence-electron chi connectivity index (χ3n) is 4.51. The van der Waals surface area contributed by atoms with Crippen molar-refractivity contribution >= 4 is 22.8 Å². The summed E-state index contributed by atoms with van der Waals surface area (Å²) in [7, 11) is 3.21. The summed E-state index contributed by atoms with van der Waals surface area (Å²) in [5, 5.41) is 3.16. The molecule has 0 spiro atoms. The Kier molecular flexibility index (Phi) is 4.96. The van der Waals surface area contributed by atoms with Gasteiger partial charge in [0, 0.05) is 31.2 Å². The summed E-state index contributed by atoms with van der Waals surface area (Å²) < 4.78 is 43.9. The summed E-state index contributed by atoms with van der Waals surface area (Å²) in [6.07, 6.45) is 2.74. The van der Waals surface area contributed by atoms with E-state index in [-0.39, 0.29) is 22.7 Å². The van der Waals surface area contributed by atoms with Crippen molar-refractivity contribution in [3.05, 3.63) is 84.1 Å². The van der Waals surface area contributed by atoms with E-state index in [1.54, 1.807) is 20.2 Å². The summed E-state index contributed by atoms with van der Waals surface area (Å²) in [5.74, 6) is -2.50. The third-order valence-corrected chi connectivity index (χ3v) is 4.51. The zero-order chi connectivity index (χ0) is 21.4. The molecule has 9 heteroatoms. The number of carbonyl (C=O) groups is 1. The third kappa shape index (κ3) is 3.29. The number of benzene rings is 2. The maximum absolute atomic E-state index is 14.7. The van der Waals surface area contributed by atoms with Crippen LogP contribution in [0.25, 0.3) is 16.7 Å². The normalized spacial score (nSPS) is 11.3. The summed E-state index contributed by atoms with van der Waals surface area (Å²) in [5.41, 5.74) is 0.0460. The number of rotatable bonds is 4. The Labute approximate surface area is 169 Å². The molecular weight excluding hydrogens is 395 g/mol. The van der Waals surface area contributed by atoms with Crippen molar-refractivity contribution in [1.82, 2.24) is 19.5 Å². The number of fused-ring (bicyclic) bond motifs is 1. The minimum absolute atomic E-state index is 0.147. The van der Waals surface area contributed by atoms with Gasteiger partial charge in [0.05, 0.1) is 0 Å². The van der Waals surface area contributed by atoms with Gasteiger partial charge in [-0.2, -0.15) is 0 Å². The van der Waals surface area contributed by atoms with Crippen molar-refractivity contribution in [3.8, 4) is 5.69 Å². The second kappa shape index (κ2) is 7.60. The van der Waals surface area contributed by atoms with Crippen LogP contribution < -0.4 is 5.01 Å². The van der Waals surface area contributed by atoms with E-state index in [0.717, 1.165) is 12.1 Å². The molecule has 2 aromatic heterocycles. The van der Waals surface area contributed by atoms with Crippen LogP contribution in [0, 0.1) is 17.5 Å². The van der Waals surface area contributed by atoms with E-state index in [9.17, 15) is 18.0 Å². The average molecular weight is 411 g/mol. The molecule has 30 heavy (non-hydrogen) atoms. The second-order valence-electron chi connectivity index (χ2n) is 6.68. The molecule has 0 unspecified atom stereocenters. The van der Waals surface area contributed by atoms with Crippen molar-refractivity contribution < 1.29 is 18.0 Å². The number of carbonyl (C=O) groups excluding carboxylic acids is 1. The highest BCUT2D eigenvalue weighted by Crippen LogP contribution is 2.32. The lowest BCUT2D eigenvalue weighted by Gasteiger charge is -2.30. The number of hydrogen-bond donors (Lipinski definition) is 0. The average Bonchev–Trinajstić information content (AvgIpc) is 3.07. The Morgan fingerprint density at radius 1 is 1.00 bits per heavy atom. The molecule has 1 amide bonds. The molecule has 6 nitrogen and oxygen atoms in total.